The Kier molecular flexibility index (Phi) is 4.73. The summed E-state index contributed by atoms with van der Waals surface area (Å²) in [5.74, 6) is -0.862. The lowest BCUT2D eigenvalue weighted by Gasteiger charge is -2.13. The zero-order valence-corrected chi connectivity index (χ0v) is 10.3. The molecule has 0 heterocycles. The van der Waals surface area contributed by atoms with Gasteiger partial charge < -0.3 is 9.84 Å². The molecule has 0 amide bonds. The van der Waals surface area contributed by atoms with E-state index >= 15 is 0 Å². The molecule has 0 saturated carbocycles. The maximum atomic E-state index is 13.1. The second-order valence-electron chi connectivity index (χ2n) is 3.44. The Labute approximate surface area is 101 Å². The van der Waals surface area contributed by atoms with Crippen LogP contribution in [-0.4, -0.2) is 17.2 Å². The van der Waals surface area contributed by atoms with Gasteiger partial charge in [-0.2, -0.15) is 0 Å². The number of carbonyl (C=O) groups is 1. The van der Waals surface area contributed by atoms with E-state index in [0.717, 1.165) is 0 Å². The molecule has 1 unspecified atom stereocenters. The van der Waals surface area contributed by atoms with Gasteiger partial charge in [0.2, 0.25) is 0 Å². The van der Waals surface area contributed by atoms with Gasteiger partial charge in [-0.1, -0.05) is 0 Å². The summed E-state index contributed by atoms with van der Waals surface area (Å²) < 4.78 is 18.9. The molecule has 88 valence electrons. The second-order valence-corrected chi connectivity index (χ2v) is 4.29. The molecule has 1 atom stereocenters. The van der Waals surface area contributed by atoms with Crippen molar-refractivity contribution in [3.63, 3.8) is 0 Å². The van der Waals surface area contributed by atoms with Crippen molar-refractivity contribution >= 4 is 21.9 Å². The topological polar surface area (TPSA) is 46.5 Å². The van der Waals surface area contributed by atoms with Crippen molar-refractivity contribution in [2.45, 2.75) is 25.9 Å². The van der Waals surface area contributed by atoms with Gasteiger partial charge in [-0.05, 0) is 41.4 Å². The molecule has 0 bridgehead atoms. The number of hydrogen-bond acceptors (Lipinski definition) is 2. The van der Waals surface area contributed by atoms with Crippen LogP contribution >= 0.6 is 15.9 Å². The molecule has 0 radical (unpaired) electrons. The first-order valence-electron chi connectivity index (χ1n) is 4.82. The maximum absolute atomic E-state index is 13.1. The van der Waals surface area contributed by atoms with Crippen LogP contribution in [0.15, 0.2) is 22.7 Å². The fourth-order valence-corrected chi connectivity index (χ4v) is 1.41. The van der Waals surface area contributed by atoms with E-state index in [1.807, 2.05) is 0 Å². The summed E-state index contributed by atoms with van der Waals surface area (Å²) >= 11 is 3.04. The molecule has 0 fully saturated rings. The van der Waals surface area contributed by atoms with Gasteiger partial charge in [0.05, 0.1) is 10.6 Å². The van der Waals surface area contributed by atoms with Crippen LogP contribution in [-0.2, 0) is 4.79 Å². The molecule has 16 heavy (non-hydrogen) atoms. The number of hydrogen-bond donors (Lipinski definition) is 1. The molecule has 1 N–H and O–H groups in total. The van der Waals surface area contributed by atoms with Crippen LogP contribution < -0.4 is 4.74 Å². The third-order valence-electron chi connectivity index (χ3n) is 1.99. The highest BCUT2D eigenvalue weighted by Crippen LogP contribution is 2.22. The van der Waals surface area contributed by atoms with E-state index in [1.54, 1.807) is 19.1 Å². The smallest absolute Gasteiger partial charge is 0.303 e. The van der Waals surface area contributed by atoms with Gasteiger partial charge in [0.15, 0.2) is 0 Å². The average molecular weight is 291 g/mol. The predicted molar refractivity (Wildman–Crippen MR) is 61.1 cm³/mol. The fraction of sp³-hybridized carbons (Fsp3) is 0.364. The van der Waals surface area contributed by atoms with Crippen molar-refractivity contribution in [3.05, 3.63) is 28.5 Å². The summed E-state index contributed by atoms with van der Waals surface area (Å²) in [6, 6.07) is 4.44. The Hall–Kier alpha value is -1.10. The zero-order valence-electron chi connectivity index (χ0n) is 8.74. The van der Waals surface area contributed by atoms with Gasteiger partial charge in [-0.3, -0.25) is 4.79 Å². The van der Waals surface area contributed by atoms with Gasteiger partial charge in [0.25, 0.3) is 0 Å². The first kappa shape index (κ1) is 13.0. The first-order valence-corrected chi connectivity index (χ1v) is 5.62. The molecule has 0 spiro atoms. The molecular weight excluding hydrogens is 279 g/mol. The van der Waals surface area contributed by atoms with Gasteiger partial charge in [-0.15, -0.1) is 0 Å². The number of benzene rings is 1. The molecule has 0 aliphatic rings. The number of carboxylic acids is 1. The van der Waals surface area contributed by atoms with Gasteiger partial charge in [0, 0.05) is 12.5 Å². The summed E-state index contributed by atoms with van der Waals surface area (Å²) in [6.07, 6.45) is 0.185. The monoisotopic (exact) mass is 290 g/mol. The largest absolute Gasteiger partial charge is 0.491 e. The average Bonchev–Trinajstić information content (AvgIpc) is 2.21. The van der Waals surface area contributed by atoms with Crippen molar-refractivity contribution in [2.24, 2.45) is 0 Å². The fourth-order valence-electron chi connectivity index (χ4n) is 1.17. The molecule has 1 aromatic rings. The Morgan fingerprint density at radius 2 is 2.31 bits per heavy atom. The molecule has 1 rings (SSSR count). The van der Waals surface area contributed by atoms with E-state index in [-0.39, 0.29) is 12.5 Å². The standard InChI is InChI=1S/C11H12BrFO3/c1-7(2-5-11(14)15)16-8-3-4-9(12)10(13)6-8/h3-4,6-7H,2,5H2,1H3,(H,14,15). The quantitative estimate of drug-likeness (QED) is 0.906. The van der Waals surface area contributed by atoms with E-state index in [1.165, 1.54) is 6.07 Å². The van der Waals surface area contributed by atoms with E-state index < -0.39 is 11.8 Å². The van der Waals surface area contributed by atoms with E-state index in [2.05, 4.69) is 15.9 Å². The Balaban J connectivity index is 2.52. The van der Waals surface area contributed by atoms with Crippen LogP contribution in [0.5, 0.6) is 5.75 Å². The second kappa shape index (κ2) is 5.84. The van der Waals surface area contributed by atoms with E-state index in [0.29, 0.717) is 16.6 Å². The lowest BCUT2D eigenvalue weighted by molar-refractivity contribution is -0.137. The normalized spacial score (nSPS) is 12.2. The predicted octanol–water partition coefficient (Wildman–Crippen LogP) is 3.22. The minimum Gasteiger partial charge on any atom is -0.491 e. The molecule has 0 aliphatic heterocycles. The number of halogens is 2. The van der Waals surface area contributed by atoms with Crippen molar-refractivity contribution in [2.75, 3.05) is 0 Å². The molecule has 1 aromatic carbocycles. The van der Waals surface area contributed by atoms with Gasteiger partial charge in [-0.25, -0.2) is 4.39 Å². The molecule has 0 saturated heterocycles. The van der Waals surface area contributed by atoms with Crippen molar-refractivity contribution in [3.8, 4) is 5.75 Å². The lowest BCUT2D eigenvalue weighted by Crippen LogP contribution is -2.13. The Morgan fingerprint density at radius 3 is 2.88 bits per heavy atom. The summed E-state index contributed by atoms with van der Waals surface area (Å²) in [5.41, 5.74) is 0. The molecule has 0 aromatic heterocycles. The molecule has 5 heteroatoms. The van der Waals surface area contributed by atoms with E-state index in [4.69, 9.17) is 9.84 Å². The van der Waals surface area contributed by atoms with Crippen LogP contribution in [0.3, 0.4) is 0 Å². The number of carboxylic acid groups (broad SMARTS) is 1. The van der Waals surface area contributed by atoms with Crippen molar-refractivity contribution < 1.29 is 19.0 Å². The zero-order chi connectivity index (χ0) is 12.1. The highest BCUT2D eigenvalue weighted by atomic mass is 79.9. The third-order valence-corrected chi connectivity index (χ3v) is 2.64. The lowest BCUT2D eigenvalue weighted by atomic mass is 10.2. The molecule has 0 aliphatic carbocycles. The first-order chi connectivity index (χ1) is 7.49. The minimum absolute atomic E-state index is 0.0418. The SMILES string of the molecule is CC(CCC(=O)O)Oc1ccc(Br)c(F)c1. The summed E-state index contributed by atoms with van der Waals surface area (Å²) in [5, 5.41) is 8.49. The molecular formula is C11H12BrFO3. The summed E-state index contributed by atoms with van der Waals surface area (Å²) in [4.78, 5) is 10.3. The van der Waals surface area contributed by atoms with E-state index in [9.17, 15) is 9.18 Å². The molecule has 3 nitrogen and oxygen atoms in total. The number of ether oxygens (including phenoxy) is 1. The highest BCUT2D eigenvalue weighted by molar-refractivity contribution is 9.10. The van der Waals surface area contributed by atoms with Crippen LogP contribution in [0.25, 0.3) is 0 Å². The van der Waals surface area contributed by atoms with Crippen LogP contribution in [0.2, 0.25) is 0 Å². The van der Waals surface area contributed by atoms with Crippen molar-refractivity contribution in [1.82, 2.24) is 0 Å². The third kappa shape index (κ3) is 4.18. The summed E-state index contributed by atoms with van der Waals surface area (Å²) in [7, 11) is 0. The van der Waals surface area contributed by atoms with Crippen LogP contribution in [0.4, 0.5) is 4.39 Å². The highest BCUT2D eigenvalue weighted by Gasteiger charge is 2.08. The van der Waals surface area contributed by atoms with Crippen molar-refractivity contribution in [1.29, 1.82) is 0 Å². The van der Waals surface area contributed by atoms with Crippen LogP contribution in [0, 0.1) is 5.82 Å². The minimum atomic E-state index is -0.863. The van der Waals surface area contributed by atoms with Gasteiger partial charge in [0.1, 0.15) is 11.6 Å². The Bertz CT molecular complexity index is 381. The number of rotatable bonds is 5. The summed E-state index contributed by atoms with van der Waals surface area (Å²) in [6.45, 7) is 1.75. The number of aliphatic carboxylic acids is 1. The maximum Gasteiger partial charge on any atom is 0.303 e. The van der Waals surface area contributed by atoms with Gasteiger partial charge >= 0.3 is 5.97 Å². The van der Waals surface area contributed by atoms with Crippen LogP contribution in [0.1, 0.15) is 19.8 Å². The Morgan fingerprint density at radius 1 is 1.62 bits per heavy atom.